The minimum Gasteiger partial charge on any atom is -0.463 e. The van der Waals surface area contributed by atoms with Crippen molar-refractivity contribution in [2.75, 3.05) is 26.8 Å². The van der Waals surface area contributed by atoms with Crippen molar-refractivity contribution in [3.8, 4) is 11.5 Å². The van der Waals surface area contributed by atoms with E-state index in [0.29, 0.717) is 97.2 Å². The lowest BCUT2D eigenvalue weighted by Gasteiger charge is -2.12. The summed E-state index contributed by atoms with van der Waals surface area (Å²) < 4.78 is 277. The van der Waals surface area contributed by atoms with E-state index >= 15 is 0 Å². The summed E-state index contributed by atoms with van der Waals surface area (Å²) in [5.74, 6) is -34.8. The zero-order chi connectivity index (χ0) is 114. The van der Waals surface area contributed by atoms with Crippen molar-refractivity contribution in [3.63, 3.8) is 0 Å². The second kappa shape index (κ2) is 74.7. The summed E-state index contributed by atoms with van der Waals surface area (Å²) in [6.45, 7) is 74.3. The van der Waals surface area contributed by atoms with E-state index in [4.69, 9.17) is 28.4 Å². The number of halogens is 18. The molecule has 0 radical (unpaired) electrons. The smallest absolute Gasteiger partial charge is 0.333 e. The Morgan fingerprint density at radius 2 is 0.641 bits per heavy atom. The predicted molar refractivity (Wildman–Crippen MR) is 528 cm³/mol. The molecule has 35 heteroatoms. The van der Waals surface area contributed by atoms with Crippen molar-refractivity contribution >= 4 is 59.3 Å². The van der Waals surface area contributed by atoms with Crippen molar-refractivity contribution < 1.29 is 160 Å². The number of carbonyl (C=O) groups excluding carboxylic acids is 8. The van der Waals surface area contributed by atoms with E-state index in [-0.39, 0.29) is 84.8 Å². The van der Waals surface area contributed by atoms with Gasteiger partial charge in [0.1, 0.15) is 5.78 Å². The summed E-state index contributed by atoms with van der Waals surface area (Å²) >= 11 is 0. The van der Waals surface area contributed by atoms with Crippen LogP contribution in [0.25, 0.3) is 12.2 Å². The number of hydrogen-bond donors (Lipinski definition) is 0. The average molecular weight is 2080 g/mol. The van der Waals surface area contributed by atoms with E-state index in [2.05, 4.69) is 136 Å². The van der Waals surface area contributed by atoms with Gasteiger partial charge < -0.3 is 42.6 Å². The third kappa shape index (κ3) is 59.2. The Hall–Kier alpha value is -12.1. The number of benzene rings is 6. The molecule has 0 heterocycles. The van der Waals surface area contributed by atoms with Gasteiger partial charge in [-0.05, 0) is 187 Å². The lowest BCUT2D eigenvalue weighted by Crippen LogP contribution is -2.13. The topological polar surface area (TPSA) is 220 Å². The molecule has 0 aliphatic heterocycles. The fourth-order valence-electron chi connectivity index (χ4n) is 10.1. The molecule has 0 unspecified atom stereocenters. The number of ether oxygens (including phenoxy) is 9. The Kier molecular flexibility index (Phi) is 72.8. The lowest BCUT2D eigenvalue weighted by molar-refractivity contribution is -0.149. The van der Waals surface area contributed by atoms with Crippen LogP contribution in [0.1, 0.15) is 287 Å². The summed E-state index contributed by atoms with van der Waals surface area (Å²) in [4.78, 5) is 86.5. The zero-order valence-corrected chi connectivity index (χ0v) is 88.2. The highest BCUT2D eigenvalue weighted by Gasteiger charge is 2.31. The van der Waals surface area contributed by atoms with Crippen LogP contribution in [0, 0.1) is 129 Å². The van der Waals surface area contributed by atoms with Gasteiger partial charge in [0.2, 0.25) is 46.5 Å². The second-order valence-electron chi connectivity index (χ2n) is 35.4. The number of allylic oxidation sites excluding steroid dienone is 2. The van der Waals surface area contributed by atoms with Crippen LogP contribution in [-0.4, -0.2) is 105 Å². The van der Waals surface area contributed by atoms with E-state index in [0.717, 1.165) is 18.6 Å². The highest BCUT2D eigenvalue weighted by Crippen LogP contribution is 2.34. The number of rotatable bonds is 38. The molecule has 145 heavy (non-hydrogen) atoms. The molecule has 0 spiro atoms. The van der Waals surface area contributed by atoms with E-state index in [1.807, 2.05) is 41.5 Å². The summed E-state index contributed by atoms with van der Waals surface area (Å²) in [5, 5.41) is 0. The number of esters is 5. The standard InChI is InChI=1S/C17H20.C12H12F4O2.C12H20O3.C11H10F4.C11H18O4.C10H9F5O2.C9H7F5.C8H14O.C7H12O2.C7H12O.C6H10O2/c1-13(2)17-10-8-16(9-11-17)12-15-6-4-14(3)5-7-15;1-4-7-8(13)10(15)12(11(16)9(7)14)18-5-17-6(2)3;1-9(2)8-11(13)6-5-7-15-12(14)10(3)4;1-4-6-8(12)10(14)7(5(2)3)11(15)9(6)13;1-8(2)11(13)14-7-5-6-10(12)15-9(3)4;1-4(2)16-3-17-10-8(14)6(12)5(11)7(13)9(10)15;1-3(2)4-5(10)7(12)9(14)8(13)6(4)11;1-6(2)5-8(9)7(3)4;1-5(2)7(8)9-6(3)4;1-4-7(8)5-6(2)3;1-4-6(7)8-5(2)3/h4-11,13H,12H2,1-3H3;4,6H,1,5H2,2-3H3;9H,3,5-8H2,1-2,4H3;4-5H,1H2,2-3H3;9H,1,5-7H2,2-4H3;4H,3H2,1-2H3;3H,1-2H3;6H,3,5H2,1-2,4H3;6H,1H2,2-4H3;4,6H,1,5H2,2-3H3;4-5H,1H2,2-3H3. The molecule has 0 N–H and O–H groups in total. The van der Waals surface area contributed by atoms with Crippen molar-refractivity contribution in [1.29, 1.82) is 0 Å². The molecule has 0 aromatic heterocycles. The zero-order valence-electron chi connectivity index (χ0n) is 88.2. The number of aryl methyl sites for hydroxylation is 1. The molecule has 6 aromatic carbocycles. The number of carbonyl (C=O) groups is 8. The Morgan fingerprint density at radius 1 is 0.331 bits per heavy atom. The van der Waals surface area contributed by atoms with Crippen molar-refractivity contribution in [1.82, 2.24) is 0 Å². The highest BCUT2D eigenvalue weighted by atomic mass is 19.2. The van der Waals surface area contributed by atoms with Gasteiger partial charge in [0.05, 0.1) is 54.9 Å². The average Bonchev–Trinajstić information content (AvgIpc) is 0.790. The van der Waals surface area contributed by atoms with Gasteiger partial charge in [-0.3, -0.25) is 19.2 Å². The second-order valence-corrected chi connectivity index (χ2v) is 35.4. The molecule has 0 amide bonds. The van der Waals surface area contributed by atoms with E-state index < -0.39 is 170 Å². The first-order chi connectivity index (χ1) is 67.0. The van der Waals surface area contributed by atoms with Crippen LogP contribution in [-0.2, 0) is 77.9 Å². The van der Waals surface area contributed by atoms with Crippen LogP contribution in [0.3, 0.4) is 0 Å². The maximum atomic E-state index is 13.4. The van der Waals surface area contributed by atoms with Crippen molar-refractivity contribution in [2.45, 2.75) is 287 Å². The Balaban J connectivity index is -0.000000501. The number of hydrogen-bond acceptors (Lipinski definition) is 17. The minimum absolute atomic E-state index is 0.0412. The third-order valence-electron chi connectivity index (χ3n) is 17.4. The van der Waals surface area contributed by atoms with E-state index in [9.17, 15) is 117 Å². The fraction of sp³-hybridized carbons (Fsp3) is 0.455. The molecule has 0 fully saturated rings. The Bertz CT molecular complexity index is 4940. The predicted octanol–water partition coefficient (Wildman–Crippen LogP) is 30.0. The Labute approximate surface area is 843 Å². The molecule has 0 aliphatic carbocycles. The van der Waals surface area contributed by atoms with Crippen LogP contribution in [0.15, 0.2) is 136 Å². The first-order valence-corrected chi connectivity index (χ1v) is 46.0. The molecule has 0 atom stereocenters. The number of ketones is 3. The monoisotopic (exact) mass is 2080 g/mol. The van der Waals surface area contributed by atoms with Gasteiger partial charge in [-0.2, -0.15) is 17.6 Å². The molecule has 6 rings (SSSR count). The molecule has 6 aromatic rings. The van der Waals surface area contributed by atoms with Gasteiger partial charge >= 0.3 is 29.8 Å². The van der Waals surface area contributed by atoms with Crippen LogP contribution in [0.2, 0.25) is 0 Å². The summed E-state index contributed by atoms with van der Waals surface area (Å²) in [6.07, 6.45) is 7.94. The summed E-state index contributed by atoms with van der Waals surface area (Å²) in [7, 11) is 0. The summed E-state index contributed by atoms with van der Waals surface area (Å²) in [5.41, 5.74) is 4.39. The van der Waals surface area contributed by atoms with Crippen molar-refractivity contribution in [2.24, 2.45) is 17.8 Å². The Morgan fingerprint density at radius 3 is 0.903 bits per heavy atom. The SMILES string of the molecule is C=C(C)C(=O)CC(C)C.C=C(C)C(=O)OC(C)C.C=C(C)C(=O)OCCCC(=O)CC(C)C.C=C(C)C(=O)OCCCC(=O)OC(C)C.C=CC(=O)CC(C)C.C=CC(=O)OC(C)C.C=Cc1c(F)c(F)c(C(C)C)c(F)c1F.C=Cc1c(F)c(F)c(OCOC(C)C)c(F)c1F.CC(C)OCOc1c(F)c(F)c(F)c(F)c1F.CC(C)c1c(F)c(F)c(F)c(F)c1F.Cc1ccc(Cc2ccc(C(C)C)cc2)cc1. The first-order valence-electron chi connectivity index (χ1n) is 46.0. The van der Waals surface area contributed by atoms with E-state index in [1.165, 1.54) is 56.0 Å². The van der Waals surface area contributed by atoms with Gasteiger partial charge in [0.15, 0.2) is 94.8 Å². The highest BCUT2D eigenvalue weighted by molar-refractivity contribution is 5.94. The van der Waals surface area contributed by atoms with Gasteiger partial charge in [0.25, 0.3) is 0 Å². The maximum Gasteiger partial charge on any atom is 0.333 e. The van der Waals surface area contributed by atoms with Gasteiger partial charge in [-0.25, -0.2) is 80.6 Å². The molecule has 812 valence electrons. The van der Waals surface area contributed by atoms with Gasteiger partial charge in [0, 0.05) is 66.0 Å². The molecular weight excluding hydrogens is 1940 g/mol. The number of Topliss-reactive ketones (excluding diaryl/α,β-unsaturated/α-hetero) is 2. The third-order valence-corrected chi connectivity index (χ3v) is 17.4. The quantitative estimate of drug-likeness (QED) is 0.00514. The molecule has 0 aliphatic rings. The summed E-state index contributed by atoms with van der Waals surface area (Å²) in [6, 6.07) is 17.8. The molecule has 0 saturated carbocycles. The van der Waals surface area contributed by atoms with Crippen LogP contribution in [0.5, 0.6) is 11.5 Å². The van der Waals surface area contributed by atoms with Crippen molar-refractivity contribution in [3.05, 3.63) is 285 Å². The maximum absolute atomic E-state index is 13.4. The molecule has 0 bridgehead atoms. The minimum atomic E-state index is -2.22. The first kappa shape index (κ1) is 141. The molecule has 0 saturated heterocycles. The molecule has 17 nitrogen and oxygen atoms in total. The lowest BCUT2D eigenvalue weighted by atomic mass is 9.98. The van der Waals surface area contributed by atoms with E-state index in [1.54, 1.807) is 96.9 Å². The largest absolute Gasteiger partial charge is 0.463 e. The van der Waals surface area contributed by atoms with Crippen LogP contribution >= 0.6 is 0 Å². The normalized spacial score (nSPS) is 10.4. The van der Waals surface area contributed by atoms with Crippen LogP contribution < -0.4 is 9.47 Å². The van der Waals surface area contributed by atoms with Crippen LogP contribution in [0.4, 0.5) is 79.0 Å². The fourth-order valence-corrected chi connectivity index (χ4v) is 10.1. The van der Waals surface area contributed by atoms with Gasteiger partial charge in [-0.15, -0.1) is 0 Å². The van der Waals surface area contributed by atoms with Gasteiger partial charge in [-0.1, -0.05) is 202 Å². The molecular formula is C110H144F18O17.